The van der Waals surface area contributed by atoms with Gasteiger partial charge in [-0.3, -0.25) is 4.79 Å². The molecule has 1 aliphatic heterocycles. The van der Waals surface area contributed by atoms with E-state index >= 15 is 0 Å². The summed E-state index contributed by atoms with van der Waals surface area (Å²) in [6, 6.07) is 0. The van der Waals surface area contributed by atoms with Crippen LogP contribution < -0.4 is 5.32 Å². The SMILES string of the molecule is Cc1nc(C)n(CCC(=O)N2CCNCC2)n1. The van der Waals surface area contributed by atoms with Gasteiger partial charge in [0.1, 0.15) is 11.6 Å². The summed E-state index contributed by atoms with van der Waals surface area (Å²) in [5, 5.41) is 7.48. The summed E-state index contributed by atoms with van der Waals surface area (Å²) < 4.78 is 1.80. The third-order valence-electron chi connectivity index (χ3n) is 2.97. The highest BCUT2D eigenvalue weighted by Gasteiger charge is 2.16. The molecule has 1 aliphatic rings. The van der Waals surface area contributed by atoms with Crippen molar-refractivity contribution in [1.29, 1.82) is 0 Å². The Balaban J connectivity index is 1.85. The highest BCUT2D eigenvalue weighted by molar-refractivity contribution is 5.76. The van der Waals surface area contributed by atoms with Crippen LogP contribution in [-0.4, -0.2) is 51.8 Å². The van der Waals surface area contributed by atoms with Gasteiger partial charge >= 0.3 is 0 Å². The van der Waals surface area contributed by atoms with Crippen LogP contribution in [0.2, 0.25) is 0 Å². The molecule has 2 heterocycles. The summed E-state index contributed by atoms with van der Waals surface area (Å²) in [6.07, 6.45) is 0.504. The molecular formula is C11H19N5O. The van der Waals surface area contributed by atoms with Gasteiger partial charge in [-0.05, 0) is 13.8 Å². The van der Waals surface area contributed by atoms with Crippen LogP contribution in [0.25, 0.3) is 0 Å². The zero-order chi connectivity index (χ0) is 12.3. The summed E-state index contributed by atoms with van der Waals surface area (Å²) in [4.78, 5) is 18.1. The number of nitrogens with zero attached hydrogens (tertiary/aromatic N) is 4. The minimum absolute atomic E-state index is 0.207. The van der Waals surface area contributed by atoms with Gasteiger partial charge in [0.2, 0.25) is 5.91 Å². The molecule has 0 atom stereocenters. The summed E-state index contributed by atoms with van der Waals surface area (Å²) >= 11 is 0. The Morgan fingerprint density at radius 2 is 2.06 bits per heavy atom. The van der Waals surface area contributed by atoms with Crippen molar-refractivity contribution in [2.24, 2.45) is 0 Å². The standard InChI is InChI=1S/C11H19N5O/c1-9-13-10(2)16(14-9)6-3-11(17)15-7-4-12-5-8-15/h12H,3-8H2,1-2H3. The van der Waals surface area contributed by atoms with Crippen molar-refractivity contribution in [2.75, 3.05) is 26.2 Å². The first-order valence-corrected chi connectivity index (χ1v) is 6.03. The average Bonchev–Trinajstić information content (AvgIpc) is 2.66. The zero-order valence-electron chi connectivity index (χ0n) is 10.4. The average molecular weight is 237 g/mol. The van der Waals surface area contributed by atoms with Crippen molar-refractivity contribution in [2.45, 2.75) is 26.8 Å². The predicted octanol–water partition coefficient (Wildman–Crippen LogP) is -0.283. The van der Waals surface area contributed by atoms with E-state index in [0.717, 1.165) is 37.8 Å². The molecule has 6 nitrogen and oxygen atoms in total. The molecule has 2 rings (SSSR count). The largest absolute Gasteiger partial charge is 0.340 e. The molecule has 1 amide bonds. The van der Waals surface area contributed by atoms with Crippen LogP contribution >= 0.6 is 0 Å². The number of aromatic nitrogens is 3. The van der Waals surface area contributed by atoms with Gasteiger partial charge in [-0.1, -0.05) is 0 Å². The molecule has 6 heteroatoms. The van der Waals surface area contributed by atoms with Crippen molar-refractivity contribution in [1.82, 2.24) is 25.0 Å². The number of piperazine rings is 1. The van der Waals surface area contributed by atoms with E-state index in [1.807, 2.05) is 18.7 Å². The Morgan fingerprint density at radius 3 is 2.65 bits per heavy atom. The second-order valence-corrected chi connectivity index (χ2v) is 4.31. The molecular weight excluding hydrogens is 218 g/mol. The fourth-order valence-electron chi connectivity index (χ4n) is 2.05. The maximum Gasteiger partial charge on any atom is 0.224 e. The second-order valence-electron chi connectivity index (χ2n) is 4.31. The summed E-state index contributed by atoms with van der Waals surface area (Å²) in [7, 11) is 0. The van der Waals surface area contributed by atoms with Gasteiger partial charge in [0, 0.05) is 32.6 Å². The highest BCUT2D eigenvalue weighted by atomic mass is 16.2. The lowest BCUT2D eigenvalue weighted by Crippen LogP contribution is -2.46. The van der Waals surface area contributed by atoms with Crippen LogP contribution in [0.3, 0.4) is 0 Å². The second kappa shape index (κ2) is 5.27. The lowest BCUT2D eigenvalue weighted by molar-refractivity contribution is -0.132. The quantitative estimate of drug-likeness (QED) is 0.785. The molecule has 0 aliphatic carbocycles. The van der Waals surface area contributed by atoms with Crippen LogP contribution in [-0.2, 0) is 11.3 Å². The van der Waals surface area contributed by atoms with Gasteiger partial charge in [0.05, 0.1) is 6.54 Å². The topological polar surface area (TPSA) is 63.1 Å². The fourth-order valence-corrected chi connectivity index (χ4v) is 2.05. The van der Waals surface area contributed by atoms with Crippen molar-refractivity contribution in [3.63, 3.8) is 0 Å². The molecule has 0 bridgehead atoms. The molecule has 1 saturated heterocycles. The fraction of sp³-hybridized carbons (Fsp3) is 0.727. The van der Waals surface area contributed by atoms with Crippen LogP contribution in [0.15, 0.2) is 0 Å². The van der Waals surface area contributed by atoms with Crippen molar-refractivity contribution in [3.8, 4) is 0 Å². The van der Waals surface area contributed by atoms with Crippen LogP contribution in [0.1, 0.15) is 18.1 Å². The van der Waals surface area contributed by atoms with E-state index in [4.69, 9.17) is 0 Å². The normalized spacial score (nSPS) is 16.2. The van der Waals surface area contributed by atoms with Gasteiger partial charge in [-0.25, -0.2) is 9.67 Å². The molecule has 1 fully saturated rings. The summed E-state index contributed by atoms with van der Waals surface area (Å²) in [5.74, 6) is 1.84. The van der Waals surface area contributed by atoms with E-state index in [0.29, 0.717) is 13.0 Å². The Bertz CT molecular complexity index is 395. The van der Waals surface area contributed by atoms with Crippen LogP contribution in [0.4, 0.5) is 0 Å². The van der Waals surface area contributed by atoms with Crippen molar-refractivity contribution >= 4 is 5.91 Å². The van der Waals surface area contributed by atoms with E-state index in [1.165, 1.54) is 0 Å². The van der Waals surface area contributed by atoms with Crippen molar-refractivity contribution in [3.05, 3.63) is 11.6 Å². The molecule has 0 saturated carbocycles. The lowest BCUT2D eigenvalue weighted by Gasteiger charge is -2.27. The minimum atomic E-state index is 0.207. The number of amides is 1. The Morgan fingerprint density at radius 1 is 1.35 bits per heavy atom. The first kappa shape index (κ1) is 12.0. The number of hydrogen-bond donors (Lipinski definition) is 1. The molecule has 17 heavy (non-hydrogen) atoms. The third kappa shape index (κ3) is 3.03. The number of rotatable bonds is 3. The van der Waals surface area contributed by atoms with Gasteiger partial charge in [0.15, 0.2) is 0 Å². The third-order valence-corrected chi connectivity index (χ3v) is 2.97. The van der Waals surface area contributed by atoms with E-state index in [-0.39, 0.29) is 5.91 Å². The highest BCUT2D eigenvalue weighted by Crippen LogP contribution is 2.01. The van der Waals surface area contributed by atoms with E-state index in [9.17, 15) is 4.79 Å². The number of carbonyl (C=O) groups is 1. The van der Waals surface area contributed by atoms with E-state index in [2.05, 4.69) is 15.4 Å². The Hall–Kier alpha value is -1.43. The molecule has 1 aromatic rings. The maximum atomic E-state index is 11.9. The molecule has 0 spiro atoms. The number of nitrogens with one attached hydrogen (secondary N) is 1. The van der Waals surface area contributed by atoms with E-state index in [1.54, 1.807) is 4.68 Å². The molecule has 0 radical (unpaired) electrons. The van der Waals surface area contributed by atoms with Crippen molar-refractivity contribution < 1.29 is 4.79 Å². The monoisotopic (exact) mass is 237 g/mol. The maximum absolute atomic E-state index is 11.9. The molecule has 94 valence electrons. The zero-order valence-corrected chi connectivity index (χ0v) is 10.4. The van der Waals surface area contributed by atoms with Crippen LogP contribution in [0.5, 0.6) is 0 Å². The number of hydrogen-bond acceptors (Lipinski definition) is 4. The molecule has 1 aromatic heterocycles. The Kier molecular flexibility index (Phi) is 3.73. The van der Waals surface area contributed by atoms with Gasteiger partial charge in [0.25, 0.3) is 0 Å². The summed E-state index contributed by atoms with van der Waals surface area (Å²) in [6.45, 7) is 7.81. The first-order chi connectivity index (χ1) is 8.16. The molecule has 0 unspecified atom stereocenters. The number of aryl methyl sites for hydroxylation is 3. The number of carbonyl (C=O) groups excluding carboxylic acids is 1. The van der Waals surface area contributed by atoms with Crippen LogP contribution in [0, 0.1) is 13.8 Å². The summed E-state index contributed by atoms with van der Waals surface area (Å²) in [5.41, 5.74) is 0. The smallest absolute Gasteiger partial charge is 0.224 e. The first-order valence-electron chi connectivity index (χ1n) is 6.03. The van der Waals surface area contributed by atoms with Gasteiger partial charge in [-0.2, -0.15) is 5.10 Å². The van der Waals surface area contributed by atoms with Gasteiger partial charge < -0.3 is 10.2 Å². The predicted molar refractivity (Wildman–Crippen MR) is 63.6 cm³/mol. The molecule has 1 N–H and O–H groups in total. The van der Waals surface area contributed by atoms with E-state index < -0.39 is 0 Å². The lowest BCUT2D eigenvalue weighted by atomic mass is 10.3. The van der Waals surface area contributed by atoms with Gasteiger partial charge in [-0.15, -0.1) is 0 Å². The Labute approximate surface area is 101 Å². The minimum Gasteiger partial charge on any atom is -0.340 e. The molecule has 0 aromatic carbocycles.